The summed E-state index contributed by atoms with van der Waals surface area (Å²) >= 11 is 0. The summed E-state index contributed by atoms with van der Waals surface area (Å²) in [6, 6.07) is 0. The Hall–Kier alpha value is -2.08. The van der Waals surface area contributed by atoms with Crippen LogP contribution in [0.1, 0.15) is 13.8 Å². The van der Waals surface area contributed by atoms with Crippen LogP contribution >= 0.6 is 0 Å². The summed E-state index contributed by atoms with van der Waals surface area (Å²) in [5.74, 6) is 4.77. The molecule has 0 radical (unpaired) electrons. The van der Waals surface area contributed by atoms with Gasteiger partial charge in [-0.2, -0.15) is 0 Å². The lowest BCUT2D eigenvalue weighted by molar-refractivity contribution is -0.131. The third-order valence-corrected chi connectivity index (χ3v) is 2.07. The molecule has 3 nitrogen and oxygen atoms in total. The Morgan fingerprint density at radius 2 is 2.06 bits per heavy atom. The van der Waals surface area contributed by atoms with E-state index >= 15 is 0 Å². The number of rotatable bonds is 1. The number of carbonyl (C=O) groups is 2. The lowest BCUT2D eigenvalue weighted by Crippen LogP contribution is -2.20. The Kier molecular flexibility index (Phi) is 3.47. The molecular weight excluding hydrogens is 204 g/mol. The van der Waals surface area contributed by atoms with Crippen LogP contribution in [0.5, 0.6) is 0 Å². The van der Waals surface area contributed by atoms with Crippen molar-refractivity contribution >= 4 is 11.6 Å². The van der Waals surface area contributed by atoms with Crippen LogP contribution in [-0.2, 0) is 14.3 Å². The molecule has 0 unspecified atom stereocenters. The molecule has 0 fully saturated rings. The highest BCUT2D eigenvalue weighted by atomic mass is 16.5. The maximum absolute atomic E-state index is 11.4. The molecule has 0 heterocycles. The number of ketones is 2. The largest absolute Gasteiger partial charge is 0.495 e. The molecule has 0 saturated carbocycles. The summed E-state index contributed by atoms with van der Waals surface area (Å²) < 4.78 is 5.02. The first-order valence-corrected chi connectivity index (χ1v) is 4.70. The fourth-order valence-electron chi connectivity index (χ4n) is 1.23. The van der Waals surface area contributed by atoms with Crippen LogP contribution < -0.4 is 0 Å². The van der Waals surface area contributed by atoms with Gasteiger partial charge in [0.2, 0.25) is 11.6 Å². The molecule has 0 aromatic carbocycles. The molecule has 16 heavy (non-hydrogen) atoms. The molecule has 0 amide bonds. The standard InChI is InChI=1S/C13H12O3/c1-8(2)5-6-10-9(3)13(15)11(14)7-12(10)16-4/h7H,1H2,2-4H3. The van der Waals surface area contributed by atoms with Gasteiger partial charge < -0.3 is 4.74 Å². The zero-order valence-corrected chi connectivity index (χ0v) is 9.51. The highest BCUT2D eigenvalue weighted by Gasteiger charge is 2.25. The summed E-state index contributed by atoms with van der Waals surface area (Å²) in [4.78, 5) is 22.7. The minimum absolute atomic E-state index is 0.318. The van der Waals surface area contributed by atoms with Gasteiger partial charge in [-0.1, -0.05) is 18.4 Å². The number of ether oxygens (including phenoxy) is 1. The number of methoxy groups -OCH3 is 1. The lowest BCUT2D eigenvalue weighted by atomic mass is 9.95. The average Bonchev–Trinajstić information content (AvgIpc) is 2.23. The fraction of sp³-hybridized carbons (Fsp3) is 0.231. The molecule has 0 N–H and O–H groups in total. The second-order valence-electron chi connectivity index (χ2n) is 3.44. The van der Waals surface area contributed by atoms with E-state index in [-0.39, 0.29) is 0 Å². The first-order valence-electron chi connectivity index (χ1n) is 4.70. The van der Waals surface area contributed by atoms with Gasteiger partial charge >= 0.3 is 0 Å². The van der Waals surface area contributed by atoms with Crippen molar-refractivity contribution in [2.75, 3.05) is 7.11 Å². The Bertz CT molecular complexity index is 493. The van der Waals surface area contributed by atoms with Gasteiger partial charge in [0.1, 0.15) is 5.76 Å². The molecule has 0 bridgehead atoms. The van der Waals surface area contributed by atoms with Gasteiger partial charge in [-0.05, 0) is 19.4 Å². The van der Waals surface area contributed by atoms with Crippen molar-refractivity contribution in [2.45, 2.75) is 13.8 Å². The molecule has 1 aliphatic rings. The number of hydrogen-bond acceptors (Lipinski definition) is 3. The highest BCUT2D eigenvalue weighted by molar-refractivity contribution is 6.48. The average molecular weight is 216 g/mol. The van der Waals surface area contributed by atoms with E-state index in [1.54, 1.807) is 13.8 Å². The molecule has 3 heteroatoms. The Balaban J connectivity index is 3.28. The normalized spacial score (nSPS) is 15.3. The van der Waals surface area contributed by atoms with E-state index in [4.69, 9.17) is 4.74 Å². The van der Waals surface area contributed by atoms with Crippen molar-refractivity contribution in [3.8, 4) is 11.8 Å². The Labute approximate surface area is 94.5 Å². The van der Waals surface area contributed by atoms with Gasteiger partial charge in [0.05, 0.1) is 12.7 Å². The van der Waals surface area contributed by atoms with Crippen LogP contribution in [0.3, 0.4) is 0 Å². The van der Waals surface area contributed by atoms with Gasteiger partial charge in [-0.15, -0.1) is 0 Å². The molecule has 1 rings (SSSR count). The van der Waals surface area contributed by atoms with Crippen LogP contribution in [0.15, 0.2) is 35.1 Å². The van der Waals surface area contributed by atoms with Crippen molar-refractivity contribution in [1.29, 1.82) is 0 Å². The van der Waals surface area contributed by atoms with Gasteiger partial charge in [0.25, 0.3) is 0 Å². The smallest absolute Gasteiger partial charge is 0.230 e. The number of carbonyl (C=O) groups excluding carboxylic acids is 2. The third-order valence-electron chi connectivity index (χ3n) is 2.07. The molecular formula is C13H12O3. The molecule has 0 saturated heterocycles. The second-order valence-corrected chi connectivity index (χ2v) is 3.44. The number of allylic oxidation sites excluding steroid dienone is 4. The van der Waals surface area contributed by atoms with E-state index in [0.717, 1.165) is 6.08 Å². The minimum atomic E-state index is -0.574. The van der Waals surface area contributed by atoms with Crippen molar-refractivity contribution in [3.63, 3.8) is 0 Å². The van der Waals surface area contributed by atoms with Gasteiger partial charge in [-0.3, -0.25) is 9.59 Å². The van der Waals surface area contributed by atoms with E-state index in [9.17, 15) is 9.59 Å². The first kappa shape index (κ1) is 12.0. The summed E-state index contributed by atoms with van der Waals surface area (Å²) in [7, 11) is 1.44. The van der Waals surface area contributed by atoms with E-state index in [1.165, 1.54) is 7.11 Å². The maximum atomic E-state index is 11.4. The zero-order chi connectivity index (χ0) is 12.3. The van der Waals surface area contributed by atoms with Crippen molar-refractivity contribution < 1.29 is 14.3 Å². The Morgan fingerprint density at radius 3 is 2.56 bits per heavy atom. The number of hydrogen-bond donors (Lipinski definition) is 0. The summed E-state index contributed by atoms with van der Waals surface area (Å²) in [6.45, 7) is 6.96. The van der Waals surface area contributed by atoms with Crippen LogP contribution in [-0.4, -0.2) is 18.7 Å². The molecule has 1 aliphatic carbocycles. The van der Waals surface area contributed by atoms with Crippen LogP contribution in [0, 0.1) is 11.8 Å². The number of Topliss-reactive ketones (excluding diaryl/α,β-unsaturated/α-hetero) is 1. The topological polar surface area (TPSA) is 43.4 Å². The van der Waals surface area contributed by atoms with Crippen molar-refractivity contribution in [3.05, 3.63) is 35.1 Å². The van der Waals surface area contributed by atoms with Crippen LogP contribution in [0.4, 0.5) is 0 Å². The lowest BCUT2D eigenvalue weighted by Gasteiger charge is -2.12. The van der Waals surface area contributed by atoms with Gasteiger partial charge in [-0.25, -0.2) is 0 Å². The molecule has 0 aromatic heterocycles. The summed E-state index contributed by atoms with van der Waals surface area (Å²) in [6.07, 6.45) is 1.16. The first-order chi connectivity index (χ1) is 7.47. The quantitative estimate of drug-likeness (QED) is 0.379. The van der Waals surface area contributed by atoms with E-state index in [2.05, 4.69) is 18.4 Å². The van der Waals surface area contributed by atoms with Gasteiger partial charge in [0.15, 0.2) is 0 Å². The fourth-order valence-corrected chi connectivity index (χ4v) is 1.23. The van der Waals surface area contributed by atoms with Crippen molar-refractivity contribution in [2.24, 2.45) is 0 Å². The van der Waals surface area contributed by atoms with Crippen molar-refractivity contribution in [1.82, 2.24) is 0 Å². The zero-order valence-electron chi connectivity index (χ0n) is 9.51. The molecule has 0 atom stereocenters. The third kappa shape index (κ3) is 2.29. The Morgan fingerprint density at radius 1 is 1.44 bits per heavy atom. The highest BCUT2D eigenvalue weighted by Crippen LogP contribution is 2.21. The molecule has 0 aliphatic heterocycles. The van der Waals surface area contributed by atoms with E-state index < -0.39 is 11.6 Å². The minimum Gasteiger partial charge on any atom is -0.495 e. The van der Waals surface area contributed by atoms with Crippen LogP contribution in [0.25, 0.3) is 0 Å². The van der Waals surface area contributed by atoms with E-state index in [1.807, 2.05) is 0 Å². The summed E-state index contributed by atoms with van der Waals surface area (Å²) in [5.41, 5.74) is 1.45. The predicted octanol–water partition coefficient (Wildman–Crippen LogP) is 1.56. The summed E-state index contributed by atoms with van der Waals surface area (Å²) in [5, 5.41) is 0. The maximum Gasteiger partial charge on any atom is 0.230 e. The van der Waals surface area contributed by atoms with Gasteiger partial charge in [0, 0.05) is 11.6 Å². The second kappa shape index (κ2) is 4.63. The van der Waals surface area contributed by atoms with E-state index in [0.29, 0.717) is 22.5 Å². The SMILES string of the molecule is C=C(C)C#CC1=C(C)C(=O)C(=O)C=C1OC. The predicted molar refractivity (Wildman–Crippen MR) is 60.4 cm³/mol. The van der Waals surface area contributed by atoms with Crippen LogP contribution in [0.2, 0.25) is 0 Å². The molecule has 0 spiro atoms. The monoisotopic (exact) mass is 216 g/mol. The molecule has 82 valence electrons. The molecule has 0 aromatic rings.